The van der Waals surface area contributed by atoms with Gasteiger partial charge in [0.25, 0.3) is 5.56 Å². The molecule has 0 saturated heterocycles. The lowest BCUT2D eigenvalue weighted by molar-refractivity contribution is -0.127. The van der Waals surface area contributed by atoms with Crippen molar-refractivity contribution in [3.05, 3.63) is 26.6 Å². The third-order valence-corrected chi connectivity index (χ3v) is 4.59. The Balaban J connectivity index is 1.90. The summed E-state index contributed by atoms with van der Waals surface area (Å²) in [5.74, 6) is -0.121. The van der Waals surface area contributed by atoms with E-state index in [0.29, 0.717) is 28.9 Å². The van der Waals surface area contributed by atoms with Crippen molar-refractivity contribution in [1.82, 2.24) is 14.9 Å². The molecule has 7 nitrogen and oxygen atoms in total. The summed E-state index contributed by atoms with van der Waals surface area (Å²) in [5.41, 5.74) is 0.641. The van der Waals surface area contributed by atoms with Crippen molar-refractivity contribution in [1.29, 1.82) is 0 Å². The highest BCUT2D eigenvalue weighted by atomic mass is 32.1. The number of carbonyl (C=O) groups excluding carboxylic acids is 1. The first-order valence-corrected chi connectivity index (χ1v) is 8.38. The molecule has 0 aliphatic rings. The standard InChI is InChI=1S/C14H19N3O4S2/c1-20-11(21-2)8-15-10(18)4-3-6-17-13(19)12-9(5-7-23-12)16-14(17)22/h5,7,11H,3-4,6,8H2,1-2H3,(H,15,18)(H,16,22). The van der Waals surface area contributed by atoms with Gasteiger partial charge in [-0.15, -0.1) is 11.3 Å². The quantitative estimate of drug-likeness (QED) is 0.554. The van der Waals surface area contributed by atoms with Crippen LogP contribution in [0.3, 0.4) is 0 Å². The Morgan fingerprint density at radius 2 is 2.22 bits per heavy atom. The predicted molar refractivity (Wildman–Crippen MR) is 91.3 cm³/mol. The highest BCUT2D eigenvalue weighted by Crippen LogP contribution is 2.14. The van der Waals surface area contributed by atoms with Gasteiger partial charge in [0.1, 0.15) is 4.70 Å². The minimum absolute atomic E-state index is 0.113. The highest BCUT2D eigenvalue weighted by molar-refractivity contribution is 7.71. The maximum atomic E-state index is 12.3. The molecule has 0 bridgehead atoms. The molecule has 2 heterocycles. The SMILES string of the molecule is COC(CNC(=O)CCCn1c(=S)[nH]c2ccsc2c1=O)OC. The van der Waals surface area contributed by atoms with E-state index in [1.165, 1.54) is 30.1 Å². The number of thiophene rings is 1. The third kappa shape index (κ3) is 4.47. The molecule has 2 N–H and O–H groups in total. The molecular formula is C14H19N3O4S2. The van der Waals surface area contributed by atoms with E-state index >= 15 is 0 Å². The molecular weight excluding hydrogens is 338 g/mol. The molecule has 0 spiro atoms. The number of ether oxygens (including phenoxy) is 2. The molecule has 0 aliphatic carbocycles. The largest absolute Gasteiger partial charge is 0.354 e. The zero-order valence-electron chi connectivity index (χ0n) is 13.0. The van der Waals surface area contributed by atoms with Crippen LogP contribution in [0.25, 0.3) is 10.2 Å². The van der Waals surface area contributed by atoms with Gasteiger partial charge >= 0.3 is 0 Å². The molecule has 0 saturated carbocycles. The molecule has 0 atom stereocenters. The van der Waals surface area contributed by atoms with E-state index in [4.69, 9.17) is 21.7 Å². The van der Waals surface area contributed by atoms with Crippen molar-refractivity contribution in [2.75, 3.05) is 20.8 Å². The number of H-pyrrole nitrogens is 1. The summed E-state index contributed by atoms with van der Waals surface area (Å²) in [6.07, 6.45) is 0.353. The second-order valence-electron chi connectivity index (χ2n) is 4.86. The maximum Gasteiger partial charge on any atom is 0.272 e. The number of amides is 1. The Hall–Kier alpha value is -1.55. The first kappa shape index (κ1) is 17.8. The molecule has 0 fully saturated rings. The summed E-state index contributed by atoms with van der Waals surface area (Å²) < 4.78 is 12.5. The topological polar surface area (TPSA) is 85.4 Å². The van der Waals surface area contributed by atoms with Gasteiger partial charge in [0, 0.05) is 27.2 Å². The number of hydrogen-bond donors (Lipinski definition) is 2. The Morgan fingerprint density at radius 1 is 1.48 bits per heavy atom. The Morgan fingerprint density at radius 3 is 2.91 bits per heavy atom. The van der Waals surface area contributed by atoms with Crippen molar-refractivity contribution in [3.8, 4) is 0 Å². The second kappa shape index (κ2) is 8.34. The summed E-state index contributed by atoms with van der Waals surface area (Å²) in [4.78, 5) is 27.1. The van der Waals surface area contributed by atoms with Gasteiger partial charge in [-0.25, -0.2) is 0 Å². The van der Waals surface area contributed by atoms with Crippen molar-refractivity contribution in [3.63, 3.8) is 0 Å². The molecule has 2 aromatic heterocycles. The number of hydrogen-bond acceptors (Lipinski definition) is 6. The molecule has 0 aliphatic heterocycles. The average Bonchev–Trinajstić information content (AvgIpc) is 3.00. The zero-order chi connectivity index (χ0) is 16.8. The van der Waals surface area contributed by atoms with Gasteiger partial charge in [-0.2, -0.15) is 0 Å². The number of carbonyl (C=O) groups is 1. The molecule has 23 heavy (non-hydrogen) atoms. The summed E-state index contributed by atoms with van der Waals surface area (Å²) in [5, 5.41) is 4.56. The number of fused-ring (bicyclic) bond motifs is 1. The van der Waals surface area contributed by atoms with E-state index in [1.54, 1.807) is 0 Å². The van der Waals surface area contributed by atoms with Gasteiger partial charge < -0.3 is 19.8 Å². The predicted octanol–water partition coefficient (Wildman–Crippen LogP) is 1.64. The number of nitrogens with one attached hydrogen (secondary N) is 2. The first-order chi connectivity index (χ1) is 11.1. The summed E-state index contributed by atoms with van der Waals surface area (Å²) in [7, 11) is 3.02. The monoisotopic (exact) mass is 357 g/mol. The van der Waals surface area contributed by atoms with Gasteiger partial charge in [0.15, 0.2) is 11.1 Å². The highest BCUT2D eigenvalue weighted by Gasteiger charge is 2.09. The average molecular weight is 357 g/mol. The molecule has 9 heteroatoms. The van der Waals surface area contributed by atoms with Crippen LogP contribution in [0.5, 0.6) is 0 Å². The normalized spacial score (nSPS) is 11.3. The van der Waals surface area contributed by atoms with E-state index in [9.17, 15) is 9.59 Å². The molecule has 0 radical (unpaired) electrons. The van der Waals surface area contributed by atoms with E-state index in [0.717, 1.165) is 5.52 Å². The molecule has 1 amide bonds. The minimum Gasteiger partial charge on any atom is -0.354 e. The number of methoxy groups -OCH3 is 2. The Bertz CT molecular complexity index is 776. The van der Waals surface area contributed by atoms with Crippen LogP contribution in [0.15, 0.2) is 16.2 Å². The van der Waals surface area contributed by atoms with Crippen LogP contribution < -0.4 is 10.9 Å². The van der Waals surface area contributed by atoms with Gasteiger partial charge in [-0.1, -0.05) is 0 Å². The Kier molecular flexibility index (Phi) is 6.46. The van der Waals surface area contributed by atoms with Crippen LogP contribution in [-0.4, -0.2) is 42.5 Å². The molecule has 2 rings (SSSR count). The van der Waals surface area contributed by atoms with Crippen molar-refractivity contribution < 1.29 is 14.3 Å². The van der Waals surface area contributed by atoms with Crippen molar-refractivity contribution in [2.24, 2.45) is 0 Å². The summed E-state index contributed by atoms with van der Waals surface area (Å²) in [6.45, 7) is 0.681. The van der Waals surface area contributed by atoms with Crippen LogP contribution in [0, 0.1) is 4.77 Å². The summed E-state index contributed by atoms with van der Waals surface area (Å²) in [6, 6.07) is 1.83. The van der Waals surface area contributed by atoms with Gasteiger partial charge in [-0.05, 0) is 30.1 Å². The van der Waals surface area contributed by atoms with Gasteiger partial charge in [0.05, 0.1) is 12.1 Å². The number of aromatic amines is 1. The fraction of sp³-hybridized carbons (Fsp3) is 0.500. The number of nitrogens with zero attached hydrogens (tertiary/aromatic N) is 1. The smallest absolute Gasteiger partial charge is 0.272 e. The molecule has 0 unspecified atom stereocenters. The lowest BCUT2D eigenvalue weighted by Gasteiger charge is -2.14. The van der Waals surface area contributed by atoms with Crippen LogP contribution in [0.4, 0.5) is 0 Å². The van der Waals surface area contributed by atoms with Crippen LogP contribution >= 0.6 is 23.6 Å². The van der Waals surface area contributed by atoms with Gasteiger partial charge in [-0.3, -0.25) is 14.2 Å². The summed E-state index contributed by atoms with van der Waals surface area (Å²) >= 11 is 6.58. The van der Waals surface area contributed by atoms with Gasteiger partial charge in [0.2, 0.25) is 5.91 Å². The van der Waals surface area contributed by atoms with Crippen molar-refractivity contribution in [2.45, 2.75) is 25.7 Å². The lowest BCUT2D eigenvalue weighted by atomic mass is 10.3. The second-order valence-corrected chi connectivity index (χ2v) is 6.16. The molecule has 2 aromatic rings. The number of aromatic nitrogens is 2. The lowest BCUT2D eigenvalue weighted by Crippen LogP contribution is -2.34. The van der Waals surface area contributed by atoms with E-state index in [1.807, 2.05) is 11.4 Å². The molecule has 0 aromatic carbocycles. The Labute approximate surface area is 142 Å². The minimum atomic E-state index is -0.461. The number of rotatable bonds is 8. The fourth-order valence-electron chi connectivity index (χ4n) is 2.12. The van der Waals surface area contributed by atoms with Crippen molar-refractivity contribution >= 4 is 39.7 Å². The van der Waals surface area contributed by atoms with Crippen LogP contribution in [-0.2, 0) is 20.8 Å². The van der Waals surface area contributed by atoms with Crippen LogP contribution in [0.2, 0.25) is 0 Å². The van der Waals surface area contributed by atoms with E-state index in [2.05, 4.69) is 10.3 Å². The van der Waals surface area contributed by atoms with Crippen LogP contribution in [0.1, 0.15) is 12.8 Å². The fourth-order valence-corrected chi connectivity index (χ4v) is 3.20. The first-order valence-electron chi connectivity index (χ1n) is 7.09. The van der Waals surface area contributed by atoms with E-state index < -0.39 is 6.29 Å². The zero-order valence-corrected chi connectivity index (χ0v) is 14.6. The maximum absolute atomic E-state index is 12.3. The third-order valence-electron chi connectivity index (χ3n) is 3.37. The molecule has 126 valence electrons. The van der Waals surface area contributed by atoms with E-state index in [-0.39, 0.29) is 18.0 Å².